The molecule has 7 heteroatoms. The average molecular weight is 312 g/mol. The number of carbonyl (C=O) groups is 1. The average Bonchev–Trinajstić information content (AvgIpc) is 2.26. The summed E-state index contributed by atoms with van der Waals surface area (Å²) >= 11 is 3.05. The predicted octanol–water partition coefficient (Wildman–Crippen LogP) is 2.59. The molecule has 17 heavy (non-hydrogen) atoms. The molecular formula is C10H9BrF3NO2. The summed E-state index contributed by atoms with van der Waals surface area (Å²) in [6.07, 6.45) is -4.44. The van der Waals surface area contributed by atoms with Gasteiger partial charge in [-0.2, -0.15) is 13.2 Å². The molecule has 0 aliphatic heterocycles. The standard InChI is InChI=1S/C10H9BrF3NO2/c1-15-9(16)5-17-8-4-6(10(12,13)14)2-3-7(8)11/h2-4H,5H2,1H3,(H,15,16). The Balaban J connectivity index is 2.88. The lowest BCUT2D eigenvalue weighted by atomic mass is 10.2. The van der Waals surface area contributed by atoms with Crippen LogP contribution >= 0.6 is 15.9 Å². The van der Waals surface area contributed by atoms with E-state index in [9.17, 15) is 18.0 Å². The smallest absolute Gasteiger partial charge is 0.416 e. The molecule has 1 aromatic carbocycles. The third-order valence-corrected chi connectivity index (χ3v) is 2.55. The number of nitrogens with one attached hydrogen (secondary N) is 1. The van der Waals surface area contributed by atoms with E-state index in [1.54, 1.807) is 0 Å². The van der Waals surface area contributed by atoms with E-state index in [4.69, 9.17) is 4.74 Å². The minimum Gasteiger partial charge on any atom is -0.483 e. The number of alkyl halides is 3. The summed E-state index contributed by atoms with van der Waals surface area (Å²) in [5, 5.41) is 2.30. The van der Waals surface area contributed by atoms with E-state index < -0.39 is 17.6 Å². The van der Waals surface area contributed by atoms with Gasteiger partial charge < -0.3 is 10.1 Å². The van der Waals surface area contributed by atoms with Gasteiger partial charge in [-0.3, -0.25) is 4.79 Å². The van der Waals surface area contributed by atoms with Gasteiger partial charge in [0.05, 0.1) is 10.0 Å². The van der Waals surface area contributed by atoms with Crippen LogP contribution in [0.15, 0.2) is 22.7 Å². The fourth-order valence-electron chi connectivity index (χ4n) is 1.01. The lowest BCUT2D eigenvalue weighted by Gasteiger charge is -2.11. The van der Waals surface area contributed by atoms with Crippen molar-refractivity contribution >= 4 is 21.8 Å². The quantitative estimate of drug-likeness (QED) is 0.932. The first-order valence-electron chi connectivity index (χ1n) is 4.54. The van der Waals surface area contributed by atoms with E-state index in [0.29, 0.717) is 4.47 Å². The van der Waals surface area contributed by atoms with Gasteiger partial charge >= 0.3 is 6.18 Å². The maximum atomic E-state index is 12.4. The summed E-state index contributed by atoms with van der Waals surface area (Å²) in [5.41, 5.74) is -0.826. The molecule has 0 radical (unpaired) electrons. The number of likely N-dealkylation sites (N-methyl/N-ethyl adjacent to an activating group) is 1. The summed E-state index contributed by atoms with van der Waals surface area (Å²) < 4.78 is 42.6. The number of halogens is 4. The Morgan fingerprint density at radius 2 is 2.12 bits per heavy atom. The molecule has 3 nitrogen and oxygen atoms in total. The van der Waals surface area contributed by atoms with Gasteiger partial charge in [0, 0.05) is 7.05 Å². The first-order valence-corrected chi connectivity index (χ1v) is 5.34. The van der Waals surface area contributed by atoms with E-state index in [1.807, 2.05) is 0 Å². The van der Waals surface area contributed by atoms with Gasteiger partial charge in [-0.15, -0.1) is 0 Å². The van der Waals surface area contributed by atoms with Crippen LogP contribution in [0.4, 0.5) is 13.2 Å². The topological polar surface area (TPSA) is 38.3 Å². The van der Waals surface area contributed by atoms with Gasteiger partial charge in [-0.1, -0.05) is 0 Å². The Morgan fingerprint density at radius 3 is 2.65 bits per heavy atom. The molecule has 0 aliphatic carbocycles. The zero-order chi connectivity index (χ0) is 13.1. The minimum absolute atomic E-state index is 0.0246. The van der Waals surface area contributed by atoms with Crippen LogP contribution < -0.4 is 10.1 Å². The van der Waals surface area contributed by atoms with E-state index >= 15 is 0 Å². The fraction of sp³-hybridized carbons (Fsp3) is 0.300. The number of carbonyl (C=O) groups excluding carboxylic acids is 1. The maximum Gasteiger partial charge on any atom is 0.416 e. The summed E-state index contributed by atoms with van der Waals surface area (Å²) in [4.78, 5) is 10.9. The Labute approximate surface area is 104 Å². The van der Waals surface area contributed by atoms with Crippen molar-refractivity contribution in [3.05, 3.63) is 28.2 Å². The molecule has 0 unspecified atom stereocenters. The van der Waals surface area contributed by atoms with Crippen molar-refractivity contribution in [2.75, 3.05) is 13.7 Å². The SMILES string of the molecule is CNC(=O)COc1cc(C(F)(F)F)ccc1Br. The van der Waals surface area contributed by atoms with Crippen molar-refractivity contribution < 1.29 is 22.7 Å². The molecule has 0 aliphatic rings. The van der Waals surface area contributed by atoms with Crippen molar-refractivity contribution in [2.45, 2.75) is 6.18 Å². The number of ether oxygens (including phenoxy) is 1. The number of amides is 1. The molecule has 1 amide bonds. The molecule has 0 saturated carbocycles. The Morgan fingerprint density at radius 1 is 1.47 bits per heavy atom. The molecule has 0 bridgehead atoms. The molecule has 0 fully saturated rings. The highest BCUT2D eigenvalue weighted by Crippen LogP contribution is 2.34. The molecule has 1 rings (SSSR count). The molecule has 1 aromatic rings. The number of hydrogen-bond acceptors (Lipinski definition) is 2. The van der Waals surface area contributed by atoms with Gasteiger partial charge in [-0.05, 0) is 34.1 Å². The largest absolute Gasteiger partial charge is 0.483 e. The van der Waals surface area contributed by atoms with Crippen LogP contribution in [0.1, 0.15) is 5.56 Å². The van der Waals surface area contributed by atoms with E-state index in [0.717, 1.165) is 12.1 Å². The third-order valence-electron chi connectivity index (χ3n) is 1.90. The highest BCUT2D eigenvalue weighted by molar-refractivity contribution is 9.10. The van der Waals surface area contributed by atoms with Crippen LogP contribution in [0.5, 0.6) is 5.75 Å². The molecule has 0 aromatic heterocycles. The van der Waals surface area contributed by atoms with Crippen LogP contribution in [-0.2, 0) is 11.0 Å². The Kier molecular flexibility index (Phi) is 4.39. The van der Waals surface area contributed by atoms with Crippen molar-refractivity contribution in [3.8, 4) is 5.75 Å². The summed E-state index contributed by atoms with van der Waals surface area (Å²) in [5.74, 6) is -0.447. The Bertz CT molecular complexity index is 421. The molecule has 1 N–H and O–H groups in total. The van der Waals surface area contributed by atoms with Gasteiger partial charge in [-0.25, -0.2) is 0 Å². The Hall–Kier alpha value is -1.24. The fourth-order valence-corrected chi connectivity index (χ4v) is 1.37. The highest BCUT2D eigenvalue weighted by Gasteiger charge is 2.31. The lowest BCUT2D eigenvalue weighted by Crippen LogP contribution is -2.25. The zero-order valence-electron chi connectivity index (χ0n) is 8.77. The summed E-state index contributed by atoms with van der Waals surface area (Å²) in [7, 11) is 1.41. The number of benzene rings is 1. The number of rotatable bonds is 3. The van der Waals surface area contributed by atoms with Crippen molar-refractivity contribution in [1.82, 2.24) is 5.32 Å². The first-order chi connectivity index (χ1) is 7.84. The molecule has 0 spiro atoms. The zero-order valence-corrected chi connectivity index (χ0v) is 10.4. The van der Waals surface area contributed by atoms with Crippen LogP contribution in [0.3, 0.4) is 0 Å². The van der Waals surface area contributed by atoms with Crippen LogP contribution in [0.25, 0.3) is 0 Å². The monoisotopic (exact) mass is 311 g/mol. The lowest BCUT2D eigenvalue weighted by molar-refractivity contribution is -0.137. The van der Waals surface area contributed by atoms with E-state index in [1.165, 1.54) is 13.1 Å². The first kappa shape index (κ1) is 13.8. The molecule has 94 valence electrons. The van der Waals surface area contributed by atoms with Gasteiger partial charge in [0.1, 0.15) is 5.75 Å². The van der Waals surface area contributed by atoms with Crippen LogP contribution in [-0.4, -0.2) is 19.6 Å². The molecule has 0 heterocycles. The van der Waals surface area contributed by atoms with Gasteiger partial charge in [0.15, 0.2) is 6.61 Å². The van der Waals surface area contributed by atoms with Gasteiger partial charge in [0.25, 0.3) is 5.91 Å². The number of hydrogen-bond donors (Lipinski definition) is 1. The van der Waals surface area contributed by atoms with Crippen LogP contribution in [0, 0.1) is 0 Å². The summed E-state index contributed by atoms with van der Waals surface area (Å²) in [6, 6.07) is 2.99. The van der Waals surface area contributed by atoms with Crippen molar-refractivity contribution in [2.24, 2.45) is 0 Å². The highest BCUT2D eigenvalue weighted by atomic mass is 79.9. The van der Waals surface area contributed by atoms with Crippen molar-refractivity contribution in [3.63, 3.8) is 0 Å². The second-order valence-corrected chi connectivity index (χ2v) is 3.96. The third kappa shape index (κ3) is 3.92. The minimum atomic E-state index is -4.44. The van der Waals surface area contributed by atoms with Gasteiger partial charge in [0.2, 0.25) is 0 Å². The molecule has 0 saturated heterocycles. The second-order valence-electron chi connectivity index (χ2n) is 3.10. The van der Waals surface area contributed by atoms with E-state index in [-0.39, 0.29) is 12.4 Å². The molecular weight excluding hydrogens is 303 g/mol. The second kappa shape index (κ2) is 5.39. The summed E-state index contributed by atoms with van der Waals surface area (Å²) in [6.45, 7) is -0.337. The van der Waals surface area contributed by atoms with Crippen LogP contribution in [0.2, 0.25) is 0 Å². The molecule has 0 atom stereocenters. The van der Waals surface area contributed by atoms with E-state index in [2.05, 4.69) is 21.2 Å². The normalized spacial score (nSPS) is 11.1. The predicted molar refractivity (Wildman–Crippen MR) is 58.7 cm³/mol. The van der Waals surface area contributed by atoms with Crippen molar-refractivity contribution in [1.29, 1.82) is 0 Å². The maximum absolute atomic E-state index is 12.4.